The van der Waals surface area contributed by atoms with Crippen LogP contribution in [0.4, 0.5) is 21.6 Å². The topological polar surface area (TPSA) is 73.1 Å². The number of hydrogen-bond acceptors (Lipinski definition) is 5. The van der Waals surface area contributed by atoms with Crippen LogP contribution < -0.4 is 15.8 Å². The van der Waals surface area contributed by atoms with Crippen molar-refractivity contribution in [2.45, 2.75) is 20.0 Å². The van der Waals surface area contributed by atoms with Crippen LogP contribution in [0.3, 0.4) is 0 Å². The molecular weight excluding hydrogens is 283 g/mol. The molecular formula is C13H14ClFN4O. The Kier molecular flexibility index (Phi) is 4.24. The number of nitrogen functional groups attached to an aromatic ring is 1. The molecule has 1 aromatic heterocycles. The first kappa shape index (κ1) is 14.3. The largest absolute Gasteiger partial charge is 0.473 e. The molecule has 1 aromatic carbocycles. The molecule has 106 valence electrons. The summed E-state index contributed by atoms with van der Waals surface area (Å²) in [5, 5.41) is 3.22. The Morgan fingerprint density at radius 3 is 2.80 bits per heavy atom. The average Bonchev–Trinajstić information content (AvgIpc) is 2.38. The van der Waals surface area contributed by atoms with Crippen LogP contribution in [-0.2, 0) is 0 Å². The molecule has 5 nitrogen and oxygen atoms in total. The predicted octanol–water partition coefficient (Wildman–Crippen LogP) is 3.38. The number of hydrogen-bond donors (Lipinski definition) is 2. The third-order valence-corrected chi connectivity index (χ3v) is 2.71. The van der Waals surface area contributed by atoms with Crippen molar-refractivity contribution in [1.82, 2.24) is 9.97 Å². The van der Waals surface area contributed by atoms with E-state index in [9.17, 15) is 4.39 Å². The second-order valence-electron chi connectivity index (χ2n) is 4.36. The molecule has 0 atom stereocenters. The van der Waals surface area contributed by atoms with Gasteiger partial charge in [-0.05, 0) is 32.0 Å². The number of halogens is 2. The highest BCUT2D eigenvalue weighted by atomic mass is 35.5. The monoisotopic (exact) mass is 296 g/mol. The number of nitrogens with zero attached hydrogens (tertiary/aromatic N) is 2. The Labute approximate surface area is 120 Å². The average molecular weight is 297 g/mol. The van der Waals surface area contributed by atoms with E-state index in [1.165, 1.54) is 24.5 Å². The molecule has 3 N–H and O–H groups in total. The molecule has 1 heterocycles. The third kappa shape index (κ3) is 3.27. The maximum Gasteiger partial charge on any atom is 0.242 e. The normalized spacial score (nSPS) is 10.7. The van der Waals surface area contributed by atoms with Crippen LogP contribution in [0.15, 0.2) is 24.5 Å². The lowest BCUT2D eigenvalue weighted by Gasteiger charge is -2.14. The Hall–Kier alpha value is -2.08. The zero-order chi connectivity index (χ0) is 14.7. The van der Waals surface area contributed by atoms with Crippen LogP contribution in [0.25, 0.3) is 0 Å². The van der Waals surface area contributed by atoms with Gasteiger partial charge in [0.15, 0.2) is 5.82 Å². The van der Waals surface area contributed by atoms with Crippen LogP contribution in [0, 0.1) is 5.82 Å². The summed E-state index contributed by atoms with van der Waals surface area (Å²) in [6.45, 7) is 3.72. The highest BCUT2D eigenvalue weighted by Gasteiger charge is 2.12. The maximum absolute atomic E-state index is 13.2. The van der Waals surface area contributed by atoms with Crippen LogP contribution in [0.2, 0.25) is 5.02 Å². The smallest absolute Gasteiger partial charge is 0.242 e. The van der Waals surface area contributed by atoms with E-state index in [1.807, 2.05) is 13.8 Å². The number of rotatable bonds is 4. The molecule has 7 heteroatoms. The quantitative estimate of drug-likeness (QED) is 0.905. The lowest BCUT2D eigenvalue weighted by Crippen LogP contribution is -2.11. The summed E-state index contributed by atoms with van der Waals surface area (Å²) >= 11 is 5.98. The first-order valence-electron chi connectivity index (χ1n) is 5.96. The van der Waals surface area contributed by atoms with Crippen molar-refractivity contribution in [3.05, 3.63) is 35.4 Å². The summed E-state index contributed by atoms with van der Waals surface area (Å²) in [7, 11) is 0. The maximum atomic E-state index is 13.2. The highest BCUT2D eigenvalue weighted by Crippen LogP contribution is 2.31. The van der Waals surface area contributed by atoms with Crippen molar-refractivity contribution < 1.29 is 9.13 Å². The standard InChI is InChI=1S/C13H14ClFN4O/c1-7(2)20-13-11(16)12(17-6-18-13)19-10-5-8(15)3-4-9(10)14/h3-7H,16H2,1-2H3,(H,17,18,19). The minimum atomic E-state index is -0.414. The second kappa shape index (κ2) is 5.92. The summed E-state index contributed by atoms with van der Waals surface area (Å²) in [6.07, 6.45) is 1.24. The molecule has 0 saturated carbocycles. The Morgan fingerprint density at radius 1 is 1.35 bits per heavy atom. The summed E-state index contributed by atoms with van der Waals surface area (Å²) in [5.41, 5.74) is 6.52. The summed E-state index contributed by atoms with van der Waals surface area (Å²) in [6, 6.07) is 3.97. The molecule has 0 radical (unpaired) electrons. The Balaban J connectivity index is 2.32. The van der Waals surface area contributed by atoms with Gasteiger partial charge in [-0.15, -0.1) is 0 Å². The second-order valence-corrected chi connectivity index (χ2v) is 4.76. The summed E-state index contributed by atoms with van der Waals surface area (Å²) in [4.78, 5) is 7.96. The number of aromatic nitrogens is 2. The molecule has 0 aliphatic heterocycles. The predicted molar refractivity (Wildman–Crippen MR) is 76.9 cm³/mol. The van der Waals surface area contributed by atoms with Gasteiger partial charge >= 0.3 is 0 Å². The number of ether oxygens (including phenoxy) is 1. The number of anilines is 3. The van der Waals surface area contributed by atoms with E-state index in [4.69, 9.17) is 22.1 Å². The van der Waals surface area contributed by atoms with Crippen molar-refractivity contribution in [2.24, 2.45) is 0 Å². The van der Waals surface area contributed by atoms with Gasteiger partial charge in [0.2, 0.25) is 5.88 Å². The molecule has 0 saturated heterocycles. The highest BCUT2D eigenvalue weighted by molar-refractivity contribution is 6.33. The van der Waals surface area contributed by atoms with Crippen LogP contribution in [0.5, 0.6) is 5.88 Å². The molecule has 0 fully saturated rings. The number of nitrogens with one attached hydrogen (secondary N) is 1. The van der Waals surface area contributed by atoms with Crippen LogP contribution >= 0.6 is 11.6 Å². The molecule has 0 spiro atoms. The van der Waals surface area contributed by atoms with Gasteiger partial charge in [0.25, 0.3) is 0 Å². The molecule has 0 unspecified atom stereocenters. The zero-order valence-electron chi connectivity index (χ0n) is 11.0. The lowest BCUT2D eigenvalue weighted by atomic mass is 10.3. The van der Waals surface area contributed by atoms with E-state index in [1.54, 1.807) is 0 Å². The van der Waals surface area contributed by atoms with Gasteiger partial charge in [-0.1, -0.05) is 11.6 Å². The Bertz CT molecular complexity index is 621. The molecule has 0 aliphatic carbocycles. The van der Waals surface area contributed by atoms with E-state index < -0.39 is 5.82 Å². The van der Waals surface area contributed by atoms with Crippen LogP contribution in [0.1, 0.15) is 13.8 Å². The van der Waals surface area contributed by atoms with E-state index in [0.29, 0.717) is 16.5 Å². The van der Waals surface area contributed by atoms with Gasteiger partial charge < -0.3 is 15.8 Å². The van der Waals surface area contributed by atoms with E-state index in [2.05, 4.69) is 15.3 Å². The fourth-order valence-corrected chi connectivity index (χ4v) is 1.68. The molecule has 20 heavy (non-hydrogen) atoms. The van der Waals surface area contributed by atoms with Gasteiger partial charge in [0.05, 0.1) is 16.8 Å². The first-order chi connectivity index (χ1) is 9.47. The SMILES string of the molecule is CC(C)Oc1ncnc(Nc2cc(F)ccc2Cl)c1N. The van der Waals surface area contributed by atoms with Crippen molar-refractivity contribution in [2.75, 3.05) is 11.1 Å². The minimum absolute atomic E-state index is 0.0715. The van der Waals surface area contributed by atoms with Gasteiger partial charge in [-0.25, -0.2) is 9.37 Å². The van der Waals surface area contributed by atoms with E-state index in [-0.39, 0.29) is 17.7 Å². The van der Waals surface area contributed by atoms with Gasteiger partial charge in [-0.2, -0.15) is 4.98 Å². The van der Waals surface area contributed by atoms with Crippen LogP contribution in [-0.4, -0.2) is 16.1 Å². The van der Waals surface area contributed by atoms with Crippen molar-refractivity contribution in [3.8, 4) is 5.88 Å². The molecule has 0 bridgehead atoms. The third-order valence-electron chi connectivity index (χ3n) is 2.38. The van der Waals surface area contributed by atoms with Crippen molar-refractivity contribution in [3.63, 3.8) is 0 Å². The summed E-state index contributed by atoms with van der Waals surface area (Å²) in [5.74, 6) is 0.163. The van der Waals surface area contributed by atoms with E-state index in [0.717, 1.165) is 0 Å². The number of nitrogens with two attached hydrogens (primary N) is 1. The zero-order valence-corrected chi connectivity index (χ0v) is 11.8. The first-order valence-corrected chi connectivity index (χ1v) is 6.34. The number of benzene rings is 1. The van der Waals surface area contributed by atoms with Gasteiger partial charge in [0, 0.05) is 0 Å². The molecule has 2 rings (SSSR count). The fourth-order valence-electron chi connectivity index (χ4n) is 1.52. The Morgan fingerprint density at radius 2 is 2.10 bits per heavy atom. The van der Waals surface area contributed by atoms with Crippen molar-refractivity contribution in [1.29, 1.82) is 0 Å². The lowest BCUT2D eigenvalue weighted by molar-refractivity contribution is 0.234. The minimum Gasteiger partial charge on any atom is -0.473 e. The van der Waals surface area contributed by atoms with Gasteiger partial charge in [-0.3, -0.25) is 0 Å². The van der Waals surface area contributed by atoms with Crippen molar-refractivity contribution >= 4 is 28.8 Å². The van der Waals surface area contributed by atoms with E-state index >= 15 is 0 Å². The van der Waals surface area contributed by atoms with Gasteiger partial charge in [0.1, 0.15) is 17.8 Å². The molecule has 0 amide bonds. The fraction of sp³-hybridized carbons (Fsp3) is 0.231. The molecule has 2 aromatic rings. The summed E-state index contributed by atoms with van der Waals surface area (Å²) < 4.78 is 18.7. The molecule has 0 aliphatic rings.